The average Bonchev–Trinajstić information content (AvgIpc) is 2.50. The smallest absolute Gasteiger partial charge is 0.353 e. The van der Waals surface area contributed by atoms with E-state index in [0.29, 0.717) is 5.56 Å². The van der Waals surface area contributed by atoms with Crippen molar-refractivity contribution in [2.24, 2.45) is 0 Å². The molecule has 3 rings (SSSR count). The molecule has 1 unspecified atom stereocenters. The van der Waals surface area contributed by atoms with Gasteiger partial charge in [-0.3, -0.25) is 4.79 Å². The molecule has 0 saturated carbocycles. The number of aryl methyl sites for hydroxylation is 1. The average molecular weight is 443 g/mol. The van der Waals surface area contributed by atoms with Crippen molar-refractivity contribution in [3.63, 3.8) is 0 Å². The molecule has 0 amide bonds. The van der Waals surface area contributed by atoms with Gasteiger partial charge in [0, 0.05) is 17.6 Å². The SMILES string of the molecule is CC1CCc2c(C(C)(C)C)c(F)cc3c(=O)c(C(=O)OI)cn1c23. The van der Waals surface area contributed by atoms with Crippen LogP contribution in [0.3, 0.4) is 0 Å². The van der Waals surface area contributed by atoms with Crippen LogP contribution in [0.15, 0.2) is 17.1 Å². The van der Waals surface area contributed by atoms with Crippen molar-refractivity contribution in [2.75, 3.05) is 0 Å². The van der Waals surface area contributed by atoms with Crippen LogP contribution in [0.25, 0.3) is 10.9 Å². The zero-order chi connectivity index (χ0) is 17.8. The van der Waals surface area contributed by atoms with Crippen LogP contribution in [0.2, 0.25) is 0 Å². The molecule has 0 bridgehead atoms. The molecule has 6 heteroatoms. The van der Waals surface area contributed by atoms with E-state index in [0.717, 1.165) is 23.9 Å². The minimum atomic E-state index is -0.703. The summed E-state index contributed by atoms with van der Waals surface area (Å²) >= 11 is 1.46. The zero-order valence-corrected chi connectivity index (χ0v) is 16.2. The molecule has 1 aromatic heterocycles. The van der Waals surface area contributed by atoms with Crippen molar-refractivity contribution in [3.05, 3.63) is 45.0 Å². The lowest BCUT2D eigenvalue weighted by atomic mass is 9.79. The molecule has 0 radical (unpaired) electrons. The third-order valence-corrected chi connectivity index (χ3v) is 5.10. The second-order valence-electron chi connectivity index (χ2n) is 7.39. The van der Waals surface area contributed by atoms with Gasteiger partial charge in [0.15, 0.2) is 23.0 Å². The van der Waals surface area contributed by atoms with Crippen LogP contribution in [0.1, 0.15) is 61.6 Å². The van der Waals surface area contributed by atoms with Crippen LogP contribution < -0.4 is 5.43 Å². The zero-order valence-electron chi connectivity index (χ0n) is 14.1. The maximum absolute atomic E-state index is 14.8. The van der Waals surface area contributed by atoms with Gasteiger partial charge in [-0.1, -0.05) is 20.8 Å². The Hall–Kier alpha value is -1.44. The quantitative estimate of drug-likeness (QED) is 0.612. The summed E-state index contributed by atoms with van der Waals surface area (Å²) in [6.45, 7) is 7.94. The van der Waals surface area contributed by atoms with E-state index in [1.807, 2.05) is 32.3 Å². The molecule has 0 spiro atoms. The van der Waals surface area contributed by atoms with Crippen LogP contribution in [-0.2, 0) is 14.9 Å². The van der Waals surface area contributed by atoms with Crippen molar-refractivity contribution in [3.8, 4) is 0 Å². The molecular formula is C18H19FINO3. The van der Waals surface area contributed by atoms with Crippen molar-refractivity contribution in [1.82, 2.24) is 4.57 Å². The van der Waals surface area contributed by atoms with Gasteiger partial charge in [-0.15, -0.1) is 0 Å². The van der Waals surface area contributed by atoms with Gasteiger partial charge in [0.05, 0.1) is 5.52 Å². The number of hydrogen-bond acceptors (Lipinski definition) is 3. The first-order valence-electron chi connectivity index (χ1n) is 7.90. The number of carbonyl (C=O) groups is 1. The van der Waals surface area contributed by atoms with E-state index < -0.39 is 11.4 Å². The fraction of sp³-hybridized carbons (Fsp3) is 0.444. The van der Waals surface area contributed by atoms with Crippen molar-refractivity contribution in [1.29, 1.82) is 0 Å². The molecule has 1 atom stereocenters. The maximum atomic E-state index is 14.8. The highest BCUT2D eigenvalue weighted by Gasteiger charge is 2.30. The highest BCUT2D eigenvalue weighted by molar-refractivity contribution is 14.1. The molecular weight excluding hydrogens is 424 g/mol. The van der Waals surface area contributed by atoms with Gasteiger partial charge in [0.2, 0.25) is 5.43 Å². The molecule has 4 nitrogen and oxygen atoms in total. The lowest BCUT2D eigenvalue weighted by molar-refractivity contribution is 0.0798. The van der Waals surface area contributed by atoms with E-state index in [1.54, 1.807) is 6.20 Å². The summed E-state index contributed by atoms with van der Waals surface area (Å²) < 4.78 is 21.4. The molecule has 1 aliphatic rings. The molecule has 24 heavy (non-hydrogen) atoms. The third kappa shape index (κ3) is 2.55. The van der Waals surface area contributed by atoms with E-state index in [9.17, 15) is 14.0 Å². The van der Waals surface area contributed by atoms with Gasteiger partial charge >= 0.3 is 5.97 Å². The van der Waals surface area contributed by atoms with E-state index >= 15 is 0 Å². The first kappa shape index (κ1) is 17.4. The Morgan fingerprint density at radius 3 is 2.67 bits per heavy atom. The van der Waals surface area contributed by atoms with E-state index in [4.69, 9.17) is 0 Å². The monoisotopic (exact) mass is 443 g/mol. The number of carbonyl (C=O) groups excluding carboxylic acids is 1. The van der Waals surface area contributed by atoms with Crippen LogP contribution >= 0.6 is 23.0 Å². The Labute approximate surface area is 153 Å². The van der Waals surface area contributed by atoms with Gasteiger partial charge in [-0.2, -0.15) is 0 Å². The summed E-state index contributed by atoms with van der Waals surface area (Å²) in [5.74, 6) is -1.09. The van der Waals surface area contributed by atoms with Gasteiger partial charge in [-0.05, 0) is 42.4 Å². The highest BCUT2D eigenvalue weighted by Crippen LogP contribution is 2.38. The van der Waals surface area contributed by atoms with Gasteiger partial charge in [0.1, 0.15) is 11.4 Å². The molecule has 0 aliphatic carbocycles. The normalized spacial score (nSPS) is 17.2. The predicted octanol–water partition coefficient (Wildman–Crippen LogP) is 4.45. The second kappa shape index (κ2) is 5.82. The van der Waals surface area contributed by atoms with Crippen LogP contribution in [0, 0.1) is 5.82 Å². The Morgan fingerprint density at radius 1 is 1.42 bits per heavy atom. The topological polar surface area (TPSA) is 48.3 Å². The summed E-state index contributed by atoms with van der Waals surface area (Å²) in [6, 6.07) is 1.40. The van der Waals surface area contributed by atoms with Gasteiger partial charge in [0.25, 0.3) is 0 Å². The summed E-state index contributed by atoms with van der Waals surface area (Å²) in [4.78, 5) is 24.6. The number of nitrogens with zero attached hydrogens (tertiary/aromatic N) is 1. The number of aromatic nitrogens is 1. The Kier molecular flexibility index (Phi) is 4.22. The van der Waals surface area contributed by atoms with Crippen molar-refractivity contribution < 1.29 is 12.3 Å². The van der Waals surface area contributed by atoms with E-state index in [-0.39, 0.29) is 28.2 Å². The third-order valence-electron chi connectivity index (χ3n) is 4.70. The summed E-state index contributed by atoms with van der Waals surface area (Å²) in [5.41, 5.74) is 1.38. The lowest BCUT2D eigenvalue weighted by Gasteiger charge is -2.32. The number of hydrogen-bond donors (Lipinski definition) is 0. The van der Waals surface area contributed by atoms with E-state index in [1.165, 1.54) is 29.1 Å². The maximum Gasteiger partial charge on any atom is 0.353 e. The standard InChI is InChI=1S/C18H19FINO3/c1-9-5-6-10-14(18(2,3)4)13(19)7-11-15(10)21(9)8-12(16(11)22)17(23)24-20/h7-9H,5-6H2,1-4H3. The van der Waals surface area contributed by atoms with Crippen LogP contribution in [0.4, 0.5) is 4.39 Å². The Bertz CT molecular complexity index is 911. The number of pyridine rings is 1. The number of halogens is 2. The van der Waals surface area contributed by atoms with Gasteiger partial charge < -0.3 is 7.63 Å². The first-order chi connectivity index (χ1) is 11.2. The lowest BCUT2D eigenvalue weighted by Crippen LogP contribution is -2.27. The number of rotatable bonds is 1. The van der Waals surface area contributed by atoms with E-state index in [2.05, 4.69) is 3.07 Å². The molecule has 0 fully saturated rings. The molecule has 1 aromatic carbocycles. The largest absolute Gasteiger partial charge is 0.391 e. The molecule has 2 heterocycles. The second-order valence-corrected chi connectivity index (χ2v) is 7.83. The van der Waals surface area contributed by atoms with Crippen molar-refractivity contribution in [2.45, 2.75) is 52.0 Å². The molecule has 2 aromatic rings. The minimum absolute atomic E-state index is 0.0560. The molecule has 0 N–H and O–H groups in total. The van der Waals surface area contributed by atoms with Crippen LogP contribution in [-0.4, -0.2) is 10.5 Å². The van der Waals surface area contributed by atoms with Crippen molar-refractivity contribution >= 4 is 39.9 Å². The molecule has 128 valence electrons. The fourth-order valence-electron chi connectivity index (χ4n) is 3.65. The Balaban J connectivity index is 2.51. The van der Waals surface area contributed by atoms with Gasteiger partial charge in [-0.25, -0.2) is 9.18 Å². The minimum Gasteiger partial charge on any atom is -0.391 e. The summed E-state index contributed by atoms with van der Waals surface area (Å²) in [7, 11) is 0. The predicted molar refractivity (Wildman–Crippen MR) is 99.3 cm³/mol. The fourth-order valence-corrected chi connectivity index (χ4v) is 3.89. The Morgan fingerprint density at radius 2 is 2.08 bits per heavy atom. The van der Waals surface area contributed by atoms with Crippen LogP contribution in [0.5, 0.6) is 0 Å². The summed E-state index contributed by atoms with van der Waals surface area (Å²) in [5, 5.41) is 0.251. The first-order valence-corrected chi connectivity index (χ1v) is 8.78. The molecule has 0 saturated heterocycles. The summed E-state index contributed by atoms with van der Waals surface area (Å²) in [6.07, 6.45) is 3.11. The highest BCUT2D eigenvalue weighted by atomic mass is 127. The number of benzene rings is 1. The molecule has 1 aliphatic heterocycles.